The standard InChI is InChI=1S/C10H13NO4/c1-10(9(14)15,6-2-3-6)11-7(12)4-5-8(11)13/h6H,2-5H2,1H3,(H,14,15). The third kappa shape index (κ3) is 1.33. The highest BCUT2D eigenvalue weighted by Gasteiger charge is 2.56. The van der Waals surface area contributed by atoms with Gasteiger partial charge in [0.05, 0.1) is 0 Å². The van der Waals surface area contributed by atoms with E-state index >= 15 is 0 Å². The van der Waals surface area contributed by atoms with E-state index in [-0.39, 0.29) is 30.6 Å². The summed E-state index contributed by atoms with van der Waals surface area (Å²) in [5, 5.41) is 9.19. The van der Waals surface area contributed by atoms with Crippen LogP contribution < -0.4 is 0 Å². The lowest BCUT2D eigenvalue weighted by Gasteiger charge is -2.33. The number of rotatable bonds is 3. The highest BCUT2D eigenvalue weighted by molar-refractivity contribution is 6.06. The molecular formula is C10H13NO4. The van der Waals surface area contributed by atoms with Gasteiger partial charge in [-0.25, -0.2) is 4.79 Å². The van der Waals surface area contributed by atoms with Crippen LogP contribution in [0.15, 0.2) is 0 Å². The summed E-state index contributed by atoms with van der Waals surface area (Å²) in [5.41, 5.74) is -1.31. The first-order chi connectivity index (χ1) is 6.98. The molecule has 0 aromatic rings. The number of imide groups is 1. The fraction of sp³-hybridized carbons (Fsp3) is 0.700. The topological polar surface area (TPSA) is 74.7 Å². The lowest BCUT2D eigenvalue weighted by Crippen LogP contribution is -2.56. The number of carboxylic acids is 1. The lowest BCUT2D eigenvalue weighted by molar-refractivity contribution is -0.163. The molecule has 5 nitrogen and oxygen atoms in total. The van der Waals surface area contributed by atoms with E-state index in [1.807, 2.05) is 0 Å². The molecular weight excluding hydrogens is 198 g/mol. The Bertz CT molecular complexity index is 331. The minimum absolute atomic E-state index is 0.0685. The number of amides is 2. The van der Waals surface area contributed by atoms with Crippen LogP contribution in [0.4, 0.5) is 0 Å². The molecule has 1 N–H and O–H groups in total. The molecule has 5 heteroatoms. The molecule has 0 radical (unpaired) electrons. The predicted octanol–water partition coefficient (Wildman–Crippen LogP) is 0.389. The van der Waals surface area contributed by atoms with Gasteiger partial charge in [-0.05, 0) is 25.7 Å². The van der Waals surface area contributed by atoms with Gasteiger partial charge in [0.25, 0.3) is 0 Å². The van der Waals surface area contributed by atoms with Gasteiger partial charge in [0.1, 0.15) is 5.54 Å². The zero-order valence-electron chi connectivity index (χ0n) is 8.52. The Hall–Kier alpha value is -1.39. The molecule has 1 saturated carbocycles. The fourth-order valence-corrected chi connectivity index (χ4v) is 2.19. The first-order valence-electron chi connectivity index (χ1n) is 5.07. The Balaban J connectivity index is 2.35. The maximum Gasteiger partial charge on any atom is 0.330 e. The van der Waals surface area contributed by atoms with Gasteiger partial charge in [0, 0.05) is 12.8 Å². The van der Waals surface area contributed by atoms with Gasteiger partial charge in [-0.15, -0.1) is 0 Å². The van der Waals surface area contributed by atoms with Crippen molar-refractivity contribution in [2.75, 3.05) is 0 Å². The Morgan fingerprint density at radius 3 is 2.13 bits per heavy atom. The molecule has 1 saturated heterocycles. The van der Waals surface area contributed by atoms with Crippen LogP contribution in [-0.2, 0) is 14.4 Å². The molecule has 0 aromatic carbocycles. The highest BCUT2D eigenvalue weighted by atomic mass is 16.4. The largest absolute Gasteiger partial charge is 0.479 e. The molecule has 2 rings (SSSR count). The van der Waals surface area contributed by atoms with Crippen molar-refractivity contribution in [2.24, 2.45) is 5.92 Å². The zero-order valence-corrected chi connectivity index (χ0v) is 8.52. The summed E-state index contributed by atoms with van der Waals surface area (Å²) < 4.78 is 0. The van der Waals surface area contributed by atoms with Crippen molar-refractivity contribution >= 4 is 17.8 Å². The van der Waals surface area contributed by atoms with E-state index in [2.05, 4.69) is 0 Å². The van der Waals surface area contributed by atoms with Crippen LogP contribution in [0.25, 0.3) is 0 Å². The van der Waals surface area contributed by atoms with E-state index in [4.69, 9.17) is 0 Å². The number of carbonyl (C=O) groups is 3. The quantitative estimate of drug-likeness (QED) is 0.685. The average molecular weight is 211 g/mol. The van der Waals surface area contributed by atoms with Crippen LogP contribution in [0, 0.1) is 5.92 Å². The summed E-state index contributed by atoms with van der Waals surface area (Å²) in [7, 11) is 0. The van der Waals surface area contributed by atoms with E-state index < -0.39 is 11.5 Å². The Labute approximate surface area is 87.1 Å². The summed E-state index contributed by atoms with van der Waals surface area (Å²) in [6.45, 7) is 1.48. The Morgan fingerprint density at radius 1 is 1.33 bits per heavy atom. The highest BCUT2D eigenvalue weighted by Crippen LogP contribution is 2.44. The van der Waals surface area contributed by atoms with E-state index in [0.29, 0.717) is 0 Å². The molecule has 1 aliphatic heterocycles. The number of nitrogens with zero attached hydrogens (tertiary/aromatic N) is 1. The normalized spacial score (nSPS) is 25.5. The van der Waals surface area contributed by atoms with Crippen molar-refractivity contribution in [2.45, 2.75) is 38.1 Å². The van der Waals surface area contributed by atoms with Crippen molar-refractivity contribution < 1.29 is 19.5 Å². The minimum Gasteiger partial charge on any atom is -0.479 e. The fourth-order valence-electron chi connectivity index (χ4n) is 2.19. The SMILES string of the molecule is CC(C(=O)O)(C1CC1)N1C(=O)CCC1=O. The summed E-state index contributed by atoms with van der Waals surface area (Å²) in [6, 6.07) is 0. The molecule has 2 aliphatic rings. The van der Waals surface area contributed by atoms with E-state index in [1.165, 1.54) is 6.92 Å². The second-order valence-electron chi connectivity index (χ2n) is 4.35. The van der Waals surface area contributed by atoms with Gasteiger partial charge in [-0.2, -0.15) is 0 Å². The number of likely N-dealkylation sites (tertiary alicyclic amines) is 1. The molecule has 1 atom stereocenters. The van der Waals surface area contributed by atoms with Crippen LogP contribution in [0.5, 0.6) is 0 Å². The monoisotopic (exact) mass is 211 g/mol. The molecule has 15 heavy (non-hydrogen) atoms. The van der Waals surface area contributed by atoms with Gasteiger partial charge in [-0.3, -0.25) is 14.5 Å². The van der Waals surface area contributed by atoms with Crippen LogP contribution >= 0.6 is 0 Å². The van der Waals surface area contributed by atoms with Crippen LogP contribution in [0.1, 0.15) is 32.6 Å². The van der Waals surface area contributed by atoms with Crippen molar-refractivity contribution in [1.29, 1.82) is 0 Å². The average Bonchev–Trinajstić information content (AvgIpc) is 2.93. The summed E-state index contributed by atoms with van der Waals surface area (Å²) in [4.78, 5) is 35.2. The second kappa shape index (κ2) is 3.05. The van der Waals surface area contributed by atoms with Gasteiger partial charge in [0.15, 0.2) is 0 Å². The number of carbonyl (C=O) groups excluding carboxylic acids is 2. The Kier molecular flexibility index (Phi) is 2.06. The minimum atomic E-state index is -1.31. The Morgan fingerprint density at radius 2 is 1.80 bits per heavy atom. The van der Waals surface area contributed by atoms with E-state index in [0.717, 1.165) is 17.7 Å². The van der Waals surface area contributed by atoms with E-state index in [9.17, 15) is 19.5 Å². The first kappa shape index (κ1) is 10.1. The smallest absolute Gasteiger partial charge is 0.330 e. The molecule has 1 unspecified atom stereocenters. The molecule has 0 spiro atoms. The zero-order chi connectivity index (χ0) is 11.2. The molecule has 82 valence electrons. The number of hydrogen-bond donors (Lipinski definition) is 1. The molecule has 0 bridgehead atoms. The molecule has 0 aromatic heterocycles. The lowest BCUT2D eigenvalue weighted by atomic mass is 9.94. The number of carboxylic acid groups (broad SMARTS) is 1. The summed E-state index contributed by atoms with van der Waals surface area (Å²) >= 11 is 0. The third-order valence-electron chi connectivity index (χ3n) is 3.32. The number of aliphatic carboxylic acids is 1. The number of hydrogen-bond acceptors (Lipinski definition) is 3. The van der Waals surface area contributed by atoms with Crippen molar-refractivity contribution in [1.82, 2.24) is 4.90 Å². The maximum absolute atomic E-state index is 11.5. The van der Waals surface area contributed by atoms with Crippen molar-refractivity contribution in [3.63, 3.8) is 0 Å². The summed E-state index contributed by atoms with van der Waals surface area (Å²) in [5.74, 6) is -1.84. The molecule has 2 amide bonds. The predicted molar refractivity (Wildman–Crippen MR) is 49.9 cm³/mol. The van der Waals surface area contributed by atoms with Crippen molar-refractivity contribution in [3.05, 3.63) is 0 Å². The third-order valence-corrected chi connectivity index (χ3v) is 3.32. The van der Waals surface area contributed by atoms with Crippen molar-refractivity contribution in [3.8, 4) is 0 Å². The van der Waals surface area contributed by atoms with Gasteiger partial charge < -0.3 is 5.11 Å². The first-order valence-corrected chi connectivity index (χ1v) is 5.07. The molecule has 2 fully saturated rings. The maximum atomic E-state index is 11.5. The second-order valence-corrected chi connectivity index (χ2v) is 4.35. The van der Waals surface area contributed by atoms with Crippen LogP contribution in [0.3, 0.4) is 0 Å². The van der Waals surface area contributed by atoms with E-state index in [1.54, 1.807) is 0 Å². The summed E-state index contributed by atoms with van der Waals surface area (Å²) in [6.07, 6.45) is 1.85. The van der Waals surface area contributed by atoms with Crippen LogP contribution in [-0.4, -0.2) is 33.3 Å². The molecule has 1 aliphatic carbocycles. The van der Waals surface area contributed by atoms with Gasteiger partial charge in [0.2, 0.25) is 11.8 Å². The van der Waals surface area contributed by atoms with Gasteiger partial charge in [-0.1, -0.05) is 0 Å². The molecule has 1 heterocycles. The van der Waals surface area contributed by atoms with Gasteiger partial charge >= 0.3 is 5.97 Å². The van der Waals surface area contributed by atoms with Crippen LogP contribution in [0.2, 0.25) is 0 Å².